The van der Waals surface area contributed by atoms with Crippen LogP contribution >= 0.6 is 11.6 Å². The Morgan fingerprint density at radius 1 is 1.26 bits per heavy atom. The monoisotopic (exact) mass is 502 g/mol. The van der Waals surface area contributed by atoms with Gasteiger partial charge in [0.1, 0.15) is 23.5 Å². The number of hydrogen-bond donors (Lipinski definition) is 1. The summed E-state index contributed by atoms with van der Waals surface area (Å²) >= 11 is 6.42. The SMILES string of the molecule is CO[C@H]1CC[C@H](Nc2ncc(Cl)c(-c3cc4c(=O)n(C(C)C(=O)OC(C)(C)C)cnn4c3)n2)CC1. The number of carbonyl (C=O) groups is 1. The quantitative estimate of drug-likeness (QED) is 0.505. The summed E-state index contributed by atoms with van der Waals surface area (Å²) in [6.45, 7) is 6.94. The first-order valence-corrected chi connectivity index (χ1v) is 12.1. The lowest BCUT2D eigenvalue weighted by Crippen LogP contribution is -2.34. The molecule has 0 radical (unpaired) electrons. The Labute approximate surface area is 208 Å². The Balaban J connectivity index is 1.60. The van der Waals surface area contributed by atoms with Gasteiger partial charge in [-0.25, -0.2) is 19.3 Å². The van der Waals surface area contributed by atoms with Crippen LogP contribution in [0.15, 0.2) is 29.6 Å². The third-order valence-corrected chi connectivity index (χ3v) is 6.35. The average Bonchev–Trinajstić information content (AvgIpc) is 3.24. The number of anilines is 1. The fourth-order valence-corrected chi connectivity index (χ4v) is 4.37. The molecule has 1 aliphatic rings. The molecule has 1 saturated carbocycles. The third kappa shape index (κ3) is 5.65. The maximum Gasteiger partial charge on any atom is 0.329 e. The summed E-state index contributed by atoms with van der Waals surface area (Å²) in [5.41, 5.74) is 0.373. The van der Waals surface area contributed by atoms with Crippen LogP contribution in [-0.2, 0) is 14.3 Å². The van der Waals surface area contributed by atoms with E-state index in [-0.39, 0.29) is 11.6 Å². The second-order valence-corrected chi connectivity index (χ2v) is 10.3. The van der Waals surface area contributed by atoms with Gasteiger partial charge >= 0.3 is 5.97 Å². The molecule has 0 saturated heterocycles. The van der Waals surface area contributed by atoms with Crippen molar-refractivity contribution in [3.8, 4) is 11.3 Å². The Morgan fingerprint density at radius 2 is 1.97 bits per heavy atom. The number of esters is 1. The first kappa shape index (κ1) is 25.1. The zero-order valence-electron chi connectivity index (χ0n) is 20.6. The van der Waals surface area contributed by atoms with Crippen LogP contribution in [0.5, 0.6) is 0 Å². The largest absolute Gasteiger partial charge is 0.458 e. The number of nitrogens with zero attached hydrogens (tertiary/aromatic N) is 5. The van der Waals surface area contributed by atoms with Crippen LogP contribution in [0.3, 0.4) is 0 Å². The summed E-state index contributed by atoms with van der Waals surface area (Å²) in [5, 5.41) is 8.05. The van der Waals surface area contributed by atoms with Gasteiger partial charge in [0.15, 0.2) is 0 Å². The normalized spacial score (nSPS) is 19.5. The van der Waals surface area contributed by atoms with Crippen molar-refractivity contribution in [1.29, 1.82) is 0 Å². The van der Waals surface area contributed by atoms with E-state index in [1.165, 1.54) is 15.4 Å². The maximum atomic E-state index is 13.2. The number of rotatable bonds is 6. The second-order valence-electron chi connectivity index (χ2n) is 9.86. The van der Waals surface area contributed by atoms with E-state index in [0.717, 1.165) is 25.7 Å². The van der Waals surface area contributed by atoms with Crippen molar-refractivity contribution in [3.63, 3.8) is 0 Å². The van der Waals surface area contributed by atoms with Gasteiger partial charge in [-0.2, -0.15) is 5.10 Å². The molecule has 1 N–H and O–H groups in total. The smallest absolute Gasteiger partial charge is 0.329 e. The van der Waals surface area contributed by atoms with Crippen molar-refractivity contribution in [2.45, 2.75) is 77.2 Å². The van der Waals surface area contributed by atoms with Crippen LogP contribution in [0.25, 0.3) is 16.8 Å². The van der Waals surface area contributed by atoms with Crippen molar-refractivity contribution in [1.82, 2.24) is 24.1 Å². The van der Waals surface area contributed by atoms with E-state index >= 15 is 0 Å². The van der Waals surface area contributed by atoms with Gasteiger partial charge in [0, 0.05) is 24.9 Å². The summed E-state index contributed by atoms with van der Waals surface area (Å²) in [6.07, 6.45) is 8.77. The lowest BCUT2D eigenvalue weighted by atomic mass is 9.93. The maximum absolute atomic E-state index is 13.2. The molecular weight excluding hydrogens is 472 g/mol. The molecule has 0 aliphatic heterocycles. The zero-order valence-corrected chi connectivity index (χ0v) is 21.4. The van der Waals surface area contributed by atoms with E-state index in [9.17, 15) is 9.59 Å². The van der Waals surface area contributed by atoms with E-state index in [2.05, 4.69) is 20.4 Å². The van der Waals surface area contributed by atoms with Gasteiger partial charge in [0.05, 0.1) is 23.0 Å². The topological polar surface area (TPSA) is 113 Å². The molecule has 3 heterocycles. The number of carbonyl (C=O) groups excluding carboxylic acids is 1. The Bertz CT molecular complexity index is 1270. The summed E-state index contributed by atoms with van der Waals surface area (Å²) in [7, 11) is 1.75. The molecule has 0 aromatic carbocycles. The van der Waals surface area contributed by atoms with Gasteiger partial charge in [-0.15, -0.1) is 0 Å². The van der Waals surface area contributed by atoms with E-state index in [0.29, 0.717) is 33.8 Å². The molecule has 11 heteroatoms. The van der Waals surface area contributed by atoms with Gasteiger partial charge < -0.3 is 14.8 Å². The third-order valence-electron chi connectivity index (χ3n) is 6.08. The highest BCUT2D eigenvalue weighted by Gasteiger charge is 2.25. The lowest BCUT2D eigenvalue weighted by molar-refractivity contribution is -0.158. The fraction of sp³-hybridized carbons (Fsp3) is 0.542. The molecule has 4 rings (SSSR count). The van der Waals surface area contributed by atoms with Crippen molar-refractivity contribution >= 4 is 29.0 Å². The van der Waals surface area contributed by atoms with E-state index < -0.39 is 17.6 Å². The van der Waals surface area contributed by atoms with E-state index in [1.54, 1.807) is 53.3 Å². The molecule has 0 bridgehead atoms. The number of nitrogens with one attached hydrogen (secondary N) is 1. The molecule has 3 aromatic heterocycles. The molecule has 1 fully saturated rings. The van der Waals surface area contributed by atoms with Crippen molar-refractivity contribution < 1.29 is 14.3 Å². The number of methoxy groups -OCH3 is 1. The number of halogens is 1. The van der Waals surface area contributed by atoms with E-state index in [4.69, 9.17) is 21.1 Å². The molecule has 1 aliphatic carbocycles. The molecule has 3 aromatic rings. The van der Waals surface area contributed by atoms with Gasteiger partial charge in [0.25, 0.3) is 5.56 Å². The van der Waals surface area contributed by atoms with Gasteiger partial charge in [0.2, 0.25) is 5.95 Å². The summed E-state index contributed by atoms with van der Waals surface area (Å²) < 4.78 is 13.6. The summed E-state index contributed by atoms with van der Waals surface area (Å²) in [6, 6.07) is 1.09. The number of aromatic nitrogens is 5. The Morgan fingerprint density at radius 3 is 2.63 bits per heavy atom. The standard InChI is InChI=1S/C24H31ClN6O4/c1-14(22(33)35-24(2,3)4)30-13-27-31-12-15(10-19(31)21(30)32)20-18(25)11-26-23(29-20)28-16-6-8-17(34-5)9-7-16/h10-14,16-17H,6-9H2,1-5H3,(H,26,28,29)/t14?,16-,17-. The predicted octanol–water partition coefficient (Wildman–Crippen LogP) is 3.88. The van der Waals surface area contributed by atoms with Crippen LogP contribution in [0.2, 0.25) is 5.02 Å². The number of hydrogen-bond acceptors (Lipinski definition) is 8. The molecular formula is C24H31ClN6O4. The van der Waals surface area contributed by atoms with Gasteiger partial charge in [-0.1, -0.05) is 11.6 Å². The highest BCUT2D eigenvalue weighted by Crippen LogP contribution is 2.29. The van der Waals surface area contributed by atoms with Crippen molar-refractivity contribution in [3.05, 3.63) is 40.2 Å². The van der Waals surface area contributed by atoms with Crippen LogP contribution in [0.1, 0.15) is 59.4 Å². The van der Waals surface area contributed by atoms with Crippen LogP contribution in [-0.4, -0.2) is 55.0 Å². The lowest BCUT2D eigenvalue weighted by Gasteiger charge is -2.28. The molecule has 0 amide bonds. The highest BCUT2D eigenvalue weighted by atomic mass is 35.5. The summed E-state index contributed by atoms with van der Waals surface area (Å²) in [4.78, 5) is 34.6. The summed E-state index contributed by atoms with van der Waals surface area (Å²) in [5.74, 6) is -0.0314. The molecule has 0 spiro atoms. The van der Waals surface area contributed by atoms with Crippen LogP contribution in [0, 0.1) is 0 Å². The number of fused-ring (bicyclic) bond motifs is 1. The second kappa shape index (κ2) is 9.94. The van der Waals surface area contributed by atoms with Crippen molar-refractivity contribution in [2.24, 2.45) is 0 Å². The first-order chi connectivity index (χ1) is 16.6. The Kier molecular flexibility index (Phi) is 7.14. The fourth-order valence-electron chi connectivity index (χ4n) is 4.17. The highest BCUT2D eigenvalue weighted by molar-refractivity contribution is 6.32. The van der Waals surface area contributed by atoms with Crippen LogP contribution in [0.4, 0.5) is 5.95 Å². The predicted molar refractivity (Wildman–Crippen MR) is 133 cm³/mol. The van der Waals surface area contributed by atoms with Gasteiger partial charge in [-0.05, 0) is 59.4 Å². The molecule has 35 heavy (non-hydrogen) atoms. The van der Waals surface area contributed by atoms with Crippen molar-refractivity contribution in [2.75, 3.05) is 12.4 Å². The molecule has 1 atom stereocenters. The van der Waals surface area contributed by atoms with Gasteiger partial charge in [-0.3, -0.25) is 9.36 Å². The minimum atomic E-state index is -0.829. The molecule has 188 valence electrons. The minimum Gasteiger partial charge on any atom is -0.458 e. The molecule has 10 nitrogen and oxygen atoms in total. The molecule has 1 unspecified atom stereocenters. The average molecular weight is 503 g/mol. The number of ether oxygens (including phenoxy) is 2. The Hall–Kier alpha value is -2.98. The minimum absolute atomic E-state index is 0.256. The first-order valence-electron chi connectivity index (χ1n) is 11.7. The zero-order chi connectivity index (χ0) is 25.3. The van der Waals surface area contributed by atoms with E-state index in [1.807, 2.05) is 0 Å². The van der Waals surface area contributed by atoms with Crippen LogP contribution < -0.4 is 10.9 Å².